The van der Waals surface area contributed by atoms with Crippen LogP contribution in [0.2, 0.25) is 0 Å². The molecule has 0 saturated carbocycles. The third kappa shape index (κ3) is 8.35. The second-order valence-electron chi connectivity index (χ2n) is 5.35. The highest BCUT2D eigenvalue weighted by atomic mass is 16.5. The van der Waals surface area contributed by atoms with Crippen LogP contribution >= 0.6 is 0 Å². The van der Waals surface area contributed by atoms with Gasteiger partial charge in [-0.2, -0.15) is 0 Å². The molecule has 21 heavy (non-hydrogen) atoms. The largest absolute Gasteiger partial charge is 0.494 e. The van der Waals surface area contributed by atoms with Crippen LogP contribution in [0.15, 0.2) is 24.3 Å². The van der Waals surface area contributed by atoms with E-state index in [2.05, 4.69) is 18.7 Å². The highest BCUT2D eigenvalue weighted by Gasteiger charge is 2.06. The first-order valence-corrected chi connectivity index (χ1v) is 7.75. The molecule has 0 aliphatic heterocycles. The first-order chi connectivity index (χ1) is 10.1. The van der Waals surface area contributed by atoms with Gasteiger partial charge in [-0.1, -0.05) is 24.6 Å². The molecule has 0 atom stereocenters. The Bertz CT molecular complexity index is 403. The molecule has 4 heteroatoms. The smallest absolute Gasteiger partial charge is 0.304 e. The van der Waals surface area contributed by atoms with Gasteiger partial charge in [0.25, 0.3) is 0 Å². The van der Waals surface area contributed by atoms with E-state index in [1.165, 1.54) is 5.56 Å². The van der Waals surface area contributed by atoms with Crippen LogP contribution in [0.5, 0.6) is 5.75 Å². The number of carbonyl (C=O) groups is 1. The third-order valence-electron chi connectivity index (χ3n) is 3.34. The summed E-state index contributed by atoms with van der Waals surface area (Å²) in [5.41, 5.74) is 1.23. The summed E-state index contributed by atoms with van der Waals surface area (Å²) < 4.78 is 5.69. The molecule has 1 rings (SSSR count). The first-order valence-electron chi connectivity index (χ1n) is 7.75. The molecule has 0 radical (unpaired) electrons. The Morgan fingerprint density at radius 1 is 1.14 bits per heavy atom. The number of carboxylic acids is 1. The lowest BCUT2D eigenvalue weighted by Crippen LogP contribution is -2.28. The van der Waals surface area contributed by atoms with Crippen molar-refractivity contribution in [1.29, 1.82) is 0 Å². The van der Waals surface area contributed by atoms with Crippen LogP contribution in [0.3, 0.4) is 0 Å². The molecule has 0 saturated heterocycles. The van der Waals surface area contributed by atoms with Gasteiger partial charge in [0.1, 0.15) is 5.75 Å². The molecular formula is C17H27NO3. The molecule has 0 bridgehead atoms. The van der Waals surface area contributed by atoms with Gasteiger partial charge < -0.3 is 14.7 Å². The SMILES string of the molecule is CCCN(CCCCOc1ccc(C)cc1)CCC(=O)O. The topological polar surface area (TPSA) is 49.8 Å². The van der Waals surface area contributed by atoms with Crippen LogP contribution in [0.25, 0.3) is 0 Å². The zero-order valence-corrected chi connectivity index (χ0v) is 13.2. The van der Waals surface area contributed by atoms with Gasteiger partial charge in [-0.05, 0) is 51.4 Å². The minimum absolute atomic E-state index is 0.222. The molecule has 0 aromatic heterocycles. The van der Waals surface area contributed by atoms with E-state index in [0.29, 0.717) is 13.2 Å². The van der Waals surface area contributed by atoms with E-state index in [4.69, 9.17) is 9.84 Å². The van der Waals surface area contributed by atoms with Crippen molar-refractivity contribution in [3.63, 3.8) is 0 Å². The standard InChI is InChI=1S/C17H27NO3/c1-3-11-18(13-10-17(19)20)12-4-5-14-21-16-8-6-15(2)7-9-16/h6-9H,3-5,10-14H2,1-2H3,(H,19,20). The molecule has 0 spiro atoms. The predicted molar refractivity (Wildman–Crippen MR) is 84.9 cm³/mol. The van der Waals surface area contributed by atoms with E-state index in [0.717, 1.165) is 38.1 Å². The van der Waals surface area contributed by atoms with Gasteiger partial charge >= 0.3 is 5.97 Å². The Morgan fingerprint density at radius 3 is 2.48 bits per heavy atom. The van der Waals surface area contributed by atoms with Crippen LogP contribution in [0.1, 0.15) is 38.2 Å². The fourth-order valence-electron chi connectivity index (χ4n) is 2.17. The van der Waals surface area contributed by atoms with Crippen LogP contribution in [0, 0.1) is 6.92 Å². The summed E-state index contributed by atoms with van der Waals surface area (Å²) in [6, 6.07) is 8.07. The van der Waals surface area contributed by atoms with Crippen LogP contribution < -0.4 is 4.74 Å². The molecule has 0 aliphatic rings. The predicted octanol–water partition coefficient (Wildman–Crippen LogP) is 3.34. The van der Waals surface area contributed by atoms with Crippen LogP contribution in [-0.2, 0) is 4.79 Å². The molecule has 1 aromatic carbocycles. The fourth-order valence-corrected chi connectivity index (χ4v) is 2.17. The van der Waals surface area contributed by atoms with Gasteiger partial charge in [0, 0.05) is 6.54 Å². The van der Waals surface area contributed by atoms with Crippen molar-refractivity contribution in [3.05, 3.63) is 29.8 Å². The number of hydrogen-bond donors (Lipinski definition) is 1. The van der Waals surface area contributed by atoms with E-state index < -0.39 is 5.97 Å². The maximum Gasteiger partial charge on any atom is 0.304 e. The number of aliphatic carboxylic acids is 1. The van der Waals surface area contributed by atoms with E-state index >= 15 is 0 Å². The molecule has 1 aromatic rings. The van der Waals surface area contributed by atoms with Crippen molar-refractivity contribution >= 4 is 5.97 Å². The molecule has 0 aliphatic carbocycles. The maximum absolute atomic E-state index is 10.6. The van der Waals surface area contributed by atoms with E-state index in [9.17, 15) is 4.79 Å². The molecule has 118 valence electrons. The van der Waals surface area contributed by atoms with Gasteiger partial charge in [0.15, 0.2) is 0 Å². The van der Waals surface area contributed by atoms with Crippen molar-refractivity contribution in [2.75, 3.05) is 26.2 Å². The van der Waals surface area contributed by atoms with Gasteiger partial charge in [0.05, 0.1) is 13.0 Å². The zero-order valence-electron chi connectivity index (χ0n) is 13.2. The molecule has 0 fully saturated rings. The Kier molecular flexibility index (Phi) is 8.51. The van der Waals surface area contributed by atoms with Crippen molar-refractivity contribution in [2.24, 2.45) is 0 Å². The van der Waals surface area contributed by atoms with Crippen molar-refractivity contribution in [1.82, 2.24) is 4.90 Å². The number of hydrogen-bond acceptors (Lipinski definition) is 3. The van der Waals surface area contributed by atoms with Crippen molar-refractivity contribution in [2.45, 2.75) is 39.5 Å². The lowest BCUT2D eigenvalue weighted by Gasteiger charge is -2.20. The van der Waals surface area contributed by atoms with Crippen molar-refractivity contribution in [3.8, 4) is 5.75 Å². The number of ether oxygens (including phenoxy) is 1. The second-order valence-corrected chi connectivity index (χ2v) is 5.35. The normalized spacial score (nSPS) is 10.8. The highest BCUT2D eigenvalue weighted by molar-refractivity contribution is 5.66. The molecular weight excluding hydrogens is 266 g/mol. The molecule has 1 N–H and O–H groups in total. The van der Waals surface area contributed by atoms with E-state index in [1.807, 2.05) is 24.3 Å². The molecule has 0 amide bonds. The lowest BCUT2D eigenvalue weighted by molar-refractivity contribution is -0.137. The molecule has 0 unspecified atom stereocenters. The minimum atomic E-state index is -0.723. The summed E-state index contributed by atoms with van der Waals surface area (Å²) in [6.07, 6.45) is 3.30. The summed E-state index contributed by atoms with van der Waals surface area (Å²) in [6.45, 7) is 7.44. The summed E-state index contributed by atoms with van der Waals surface area (Å²) in [4.78, 5) is 12.8. The maximum atomic E-state index is 10.6. The first kappa shape index (κ1) is 17.5. The monoisotopic (exact) mass is 293 g/mol. The Hall–Kier alpha value is -1.55. The number of unbranched alkanes of at least 4 members (excludes halogenated alkanes) is 1. The van der Waals surface area contributed by atoms with Crippen molar-refractivity contribution < 1.29 is 14.6 Å². The Labute approximate surface area is 127 Å². The van der Waals surface area contributed by atoms with Gasteiger partial charge in [-0.3, -0.25) is 4.79 Å². The summed E-state index contributed by atoms with van der Waals surface area (Å²) in [5, 5.41) is 8.74. The Morgan fingerprint density at radius 2 is 1.86 bits per heavy atom. The van der Waals surface area contributed by atoms with Crippen LogP contribution in [0.4, 0.5) is 0 Å². The lowest BCUT2D eigenvalue weighted by atomic mass is 10.2. The average Bonchev–Trinajstić information content (AvgIpc) is 2.46. The van der Waals surface area contributed by atoms with Crippen LogP contribution in [-0.4, -0.2) is 42.2 Å². The highest BCUT2D eigenvalue weighted by Crippen LogP contribution is 2.11. The number of carboxylic acid groups (broad SMARTS) is 1. The minimum Gasteiger partial charge on any atom is -0.494 e. The number of nitrogens with zero attached hydrogens (tertiary/aromatic N) is 1. The average molecular weight is 293 g/mol. The molecule has 0 heterocycles. The molecule has 4 nitrogen and oxygen atoms in total. The third-order valence-corrected chi connectivity index (χ3v) is 3.34. The fraction of sp³-hybridized carbons (Fsp3) is 0.588. The van der Waals surface area contributed by atoms with Gasteiger partial charge in [-0.25, -0.2) is 0 Å². The second kappa shape index (κ2) is 10.2. The van der Waals surface area contributed by atoms with Gasteiger partial charge in [0.2, 0.25) is 0 Å². The summed E-state index contributed by atoms with van der Waals surface area (Å²) >= 11 is 0. The quantitative estimate of drug-likeness (QED) is 0.636. The van der Waals surface area contributed by atoms with E-state index in [1.54, 1.807) is 0 Å². The number of benzene rings is 1. The number of rotatable bonds is 11. The number of aryl methyl sites for hydroxylation is 1. The zero-order chi connectivity index (χ0) is 15.5. The Balaban J connectivity index is 2.15. The van der Waals surface area contributed by atoms with Gasteiger partial charge in [-0.15, -0.1) is 0 Å². The summed E-state index contributed by atoms with van der Waals surface area (Å²) in [7, 11) is 0. The summed E-state index contributed by atoms with van der Waals surface area (Å²) in [5.74, 6) is 0.190. The van der Waals surface area contributed by atoms with E-state index in [-0.39, 0.29) is 6.42 Å².